The second kappa shape index (κ2) is 6.53. The first-order chi connectivity index (χ1) is 9.62. The third-order valence-electron chi connectivity index (χ3n) is 2.76. The van der Waals surface area contributed by atoms with Gasteiger partial charge in [-0.3, -0.25) is 5.10 Å². The molecule has 1 aromatic carbocycles. The minimum Gasteiger partial charge on any atom is -0.385 e. The molecule has 6 nitrogen and oxygen atoms in total. The Bertz CT molecular complexity index is 621. The van der Waals surface area contributed by atoms with Gasteiger partial charge in [0.05, 0.1) is 11.1 Å². The number of nitrogens with zero attached hydrogens (tertiary/aromatic N) is 1. The van der Waals surface area contributed by atoms with Gasteiger partial charge >= 0.3 is 0 Å². The summed E-state index contributed by atoms with van der Waals surface area (Å²) in [5, 5.41) is 9.61. The third-order valence-corrected chi connectivity index (χ3v) is 4.18. The first-order valence-corrected chi connectivity index (χ1v) is 7.91. The molecule has 1 heterocycles. The maximum Gasteiger partial charge on any atom is 0.240 e. The summed E-state index contributed by atoms with van der Waals surface area (Å²) in [5.74, 6) is 0. The second-order valence-corrected chi connectivity index (χ2v) is 6.15. The molecule has 0 aliphatic carbocycles. The van der Waals surface area contributed by atoms with Crippen molar-refractivity contribution in [2.45, 2.75) is 24.8 Å². The van der Waals surface area contributed by atoms with E-state index in [0.29, 0.717) is 0 Å². The van der Waals surface area contributed by atoms with Crippen LogP contribution in [-0.2, 0) is 16.6 Å². The minimum atomic E-state index is -3.49. The fraction of sp³-hybridized carbons (Fsp3) is 0.308. The van der Waals surface area contributed by atoms with Gasteiger partial charge in [-0.25, -0.2) is 13.1 Å². The summed E-state index contributed by atoms with van der Waals surface area (Å²) in [7, 11) is -3.49. The quantitative estimate of drug-likeness (QED) is 0.725. The highest BCUT2D eigenvalue weighted by Crippen LogP contribution is 2.14. The molecule has 108 valence electrons. The molecular formula is C13H18N4O2S. The van der Waals surface area contributed by atoms with E-state index in [-0.39, 0.29) is 11.4 Å². The summed E-state index contributed by atoms with van der Waals surface area (Å²) in [5.41, 5.74) is 1.70. The average Bonchev–Trinajstić information content (AvgIpc) is 2.97. The molecule has 0 spiro atoms. The van der Waals surface area contributed by atoms with Crippen LogP contribution in [0.25, 0.3) is 0 Å². The molecule has 20 heavy (non-hydrogen) atoms. The van der Waals surface area contributed by atoms with Gasteiger partial charge in [-0.05, 0) is 30.7 Å². The minimum absolute atomic E-state index is 0.217. The monoisotopic (exact) mass is 294 g/mol. The maximum atomic E-state index is 12.1. The fourth-order valence-corrected chi connectivity index (χ4v) is 2.67. The van der Waals surface area contributed by atoms with Crippen LogP contribution in [0.2, 0.25) is 0 Å². The molecule has 0 aliphatic rings. The summed E-state index contributed by atoms with van der Waals surface area (Å²) in [4.78, 5) is 0.253. The third kappa shape index (κ3) is 3.82. The van der Waals surface area contributed by atoms with Crippen LogP contribution in [0.1, 0.15) is 18.9 Å². The molecule has 0 saturated heterocycles. The number of aromatic nitrogens is 2. The Labute approximate surface area is 118 Å². The van der Waals surface area contributed by atoms with Gasteiger partial charge in [0, 0.05) is 30.5 Å². The molecule has 0 saturated carbocycles. The Hall–Kier alpha value is -1.86. The normalized spacial score (nSPS) is 11.4. The van der Waals surface area contributed by atoms with Gasteiger partial charge in [0.1, 0.15) is 0 Å². The SMILES string of the molecule is CCCNc1ccc(S(=O)(=O)NCc2cn[nH]c2)cc1. The standard InChI is InChI=1S/C13H18N4O2S/c1-2-7-14-12-3-5-13(6-4-12)20(18,19)17-10-11-8-15-16-9-11/h3-6,8-9,14,17H,2,7,10H2,1H3,(H,15,16). The molecule has 0 amide bonds. The molecule has 3 N–H and O–H groups in total. The Morgan fingerprint density at radius 1 is 1.25 bits per heavy atom. The Morgan fingerprint density at radius 2 is 2.00 bits per heavy atom. The van der Waals surface area contributed by atoms with E-state index < -0.39 is 10.0 Å². The van der Waals surface area contributed by atoms with Crippen LogP contribution < -0.4 is 10.0 Å². The van der Waals surface area contributed by atoms with Gasteiger partial charge < -0.3 is 5.32 Å². The number of nitrogens with one attached hydrogen (secondary N) is 3. The molecule has 7 heteroatoms. The summed E-state index contributed by atoms with van der Waals surface area (Å²) in [6, 6.07) is 6.72. The number of benzene rings is 1. The van der Waals surface area contributed by atoms with Gasteiger partial charge in [-0.2, -0.15) is 5.10 Å². The fourth-order valence-electron chi connectivity index (χ4n) is 1.66. The second-order valence-electron chi connectivity index (χ2n) is 4.38. The van der Waals surface area contributed by atoms with Crippen LogP contribution in [0, 0.1) is 0 Å². The summed E-state index contributed by atoms with van der Waals surface area (Å²) >= 11 is 0. The van der Waals surface area contributed by atoms with Crippen molar-refractivity contribution in [3.63, 3.8) is 0 Å². The van der Waals surface area contributed by atoms with Crippen LogP contribution in [-0.4, -0.2) is 25.2 Å². The van der Waals surface area contributed by atoms with E-state index in [0.717, 1.165) is 24.2 Å². The number of rotatable bonds is 7. The van der Waals surface area contributed by atoms with Crippen molar-refractivity contribution in [2.24, 2.45) is 0 Å². The van der Waals surface area contributed by atoms with Crippen LogP contribution in [0.15, 0.2) is 41.6 Å². The number of H-pyrrole nitrogens is 1. The highest BCUT2D eigenvalue weighted by atomic mass is 32.2. The first-order valence-electron chi connectivity index (χ1n) is 6.43. The van der Waals surface area contributed by atoms with Crippen molar-refractivity contribution < 1.29 is 8.42 Å². The van der Waals surface area contributed by atoms with E-state index in [9.17, 15) is 8.42 Å². The van der Waals surface area contributed by atoms with Crippen LogP contribution in [0.3, 0.4) is 0 Å². The zero-order chi connectivity index (χ0) is 14.4. The highest BCUT2D eigenvalue weighted by molar-refractivity contribution is 7.89. The summed E-state index contributed by atoms with van der Waals surface area (Å²) < 4.78 is 26.7. The molecule has 0 atom stereocenters. The van der Waals surface area contributed by atoms with E-state index in [1.807, 2.05) is 0 Å². The zero-order valence-electron chi connectivity index (χ0n) is 11.3. The number of aromatic amines is 1. The highest BCUT2D eigenvalue weighted by Gasteiger charge is 2.13. The smallest absolute Gasteiger partial charge is 0.240 e. The van der Waals surface area contributed by atoms with Crippen molar-refractivity contribution >= 4 is 15.7 Å². The van der Waals surface area contributed by atoms with Gasteiger partial charge in [-0.15, -0.1) is 0 Å². The number of anilines is 1. The Morgan fingerprint density at radius 3 is 2.60 bits per heavy atom. The summed E-state index contributed by atoms with van der Waals surface area (Å²) in [6.45, 7) is 3.16. The zero-order valence-corrected chi connectivity index (χ0v) is 12.1. The van der Waals surface area contributed by atoms with Crippen LogP contribution in [0.4, 0.5) is 5.69 Å². The lowest BCUT2D eigenvalue weighted by Crippen LogP contribution is -2.23. The van der Waals surface area contributed by atoms with E-state index >= 15 is 0 Å². The summed E-state index contributed by atoms with van der Waals surface area (Å²) in [6.07, 6.45) is 4.26. The molecule has 0 aliphatic heterocycles. The van der Waals surface area contributed by atoms with Gasteiger partial charge in [0.2, 0.25) is 10.0 Å². The predicted molar refractivity (Wildman–Crippen MR) is 77.8 cm³/mol. The first kappa shape index (κ1) is 14.5. The molecule has 1 aromatic heterocycles. The average molecular weight is 294 g/mol. The van der Waals surface area contributed by atoms with E-state index in [2.05, 4.69) is 27.2 Å². The lowest BCUT2D eigenvalue weighted by Gasteiger charge is -2.08. The molecule has 0 bridgehead atoms. The number of hydrogen-bond donors (Lipinski definition) is 3. The molecule has 2 rings (SSSR count). The van der Waals surface area contributed by atoms with E-state index in [1.54, 1.807) is 36.7 Å². The van der Waals surface area contributed by atoms with Crippen molar-refractivity contribution in [3.8, 4) is 0 Å². The molecule has 0 fully saturated rings. The van der Waals surface area contributed by atoms with E-state index in [4.69, 9.17) is 0 Å². The van der Waals surface area contributed by atoms with Crippen molar-refractivity contribution in [2.75, 3.05) is 11.9 Å². The topological polar surface area (TPSA) is 86.9 Å². The number of hydrogen-bond acceptors (Lipinski definition) is 4. The van der Waals surface area contributed by atoms with Crippen molar-refractivity contribution in [1.29, 1.82) is 0 Å². The molecular weight excluding hydrogens is 276 g/mol. The van der Waals surface area contributed by atoms with E-state index in [1.165, 1.54) is 0 Å². The lowest BCUT2D eigenvalue weighted by atomic mass is 10.3. The molecule has 0 unspecified atom stereocenters. The van der Waals surface area contributed by atoms with Gasteiger partial charge in [0.15, 0.2) is 0 Å². The van der Waals surface area contributed by atoms with Crippen molar-refractivity contribution in [1.82, 2.24) is 14.9 Å². The maximum absolute atomic E-state index is 12.1. The Kier molecular flexibility index (Phi) is 4.75. The van der Waals surface area contributed by atoms with Gasteiger partial charge in [0.25, 0.3) is 0 Å². The number of sulfonamides is 1. The molecule has 0 radical (unpaired) electrons. The predicted octanol–water partition coefficient (Wildman–Crippen LogP) is 1.71. The van der Waals surface area contributed by atoms with Gasteiger partial charge in [-0.1, -0.05) is 6.92 Å². The lowest BCUT2D eigenvalue weighted by molar-refractivity contribution is 0.581. The molecule has 2 aromatic rings. The largest absolute Gasteiger partial charge is 0.385 e. The van der Waals surface area contributed by atoms with Crippen LogP contribution in [0.5, 0.6) is 0 Å². The van der Waals surface area contributed by atoms with Crippen molar-refractivity contribution in [3.05, 3.63) is 42.2 Å². The van der Waals surface area contributed by atoms with Crippen LogP contribution >= 0.6 is 0 Å². The Balaban J connectivity index is 2.01.